The second kappa shape index (κ2) is 11.5. The zero-order valence-electron chi connectivity index (χ0n) is 22.3. The van der Waals surface area contributed by atoms with Crippen LogP contribution >= 0.6 is 0 Å². The number of carbonyl (C=O) groups is 1. The maximum atomic E-state index is 14.1. The SMILES string of the molecule is COC1=NC=C(C(=O)N2CC(COc3cc(-n4c(C(F)F)nc5ccccc54)nc(N4CCOCC4)n3)C2)CC#C1. The number of imidazole rings is 1. The number of halogens is 2. The lowest BCUT2D eigenvalue weighted by Crippen LogP contribution is -2.52. The molecule has 0 radical (unpaired) electrons. The molecule has 2 saturated heterocycles. The number of amides is 1. The lowest BCUT2D eigenvalue weighted by molar-refractivity contribution is -0.134. The van der Waals surface area contributed by atoms with E-state index in [4.69, 9.17) is 14.2 Å². The van der Waals surface area contributed by atoms with Crippen molar-refractivity contribution in [1.29, 1.82) is 0 Å². The Balaban J connectivity index is 1.21. The number of aliphatic imine (C=N–C) groups is 1. The Bertz CT molecular complexity index is 1580. The molecule has 0 atom stereocenters. The van der Waals surface area contributed by atoms with Crippen molar-refractivity contribution in [2.45, 2.75) is 12.8 Å². The number of benzene rings is 1. The highest BCUT2D eigenvalue weighted by Gasteiger charge is 2.33. The van der Waals surface area contributed by atoms with Crippen LogP contribution in [-0.2, 0) is 14.3 Å². The summed E-state index contributed by atoms with van der Waals surface area (Å²) < 4.78 is 46.1. The second-order valence-electron chi connectivity index (χ2n) is 9.72. The van der Waals surface area contributed by atoms with Gasteiger partial charge in [-0.25, -0.2) is 18.8 Å². The first-order valence-electron chi connectivity index (χ1n) is 13.2. The van der Waals surface area contributed by atoms with Crippen molar-refractivity contribution < 1.29 is 27.8 Å². The second-order valence-corrected chi connectivity index (χ2v) is 9.72. The largest absolute Gasteiger partial charge is 0.477 e. The molecule has 6 rings (SSSR count). The van der Waals surface area contributed by atoms with Crippen LogP contribution in [0.15, 0.2) is 47.1 Å². The van der Waals surface area contributed by atoms with Gasteiger partial charge in [-0.05, 0) is 18.1 Å². The van der Waals surface area contributed by atoms with Crippen LogP contribution in [0.1, 0.15) is 18.7 Å². The van der Waals surface area contributed by atoms with Gasteiger partial charge in [-0.2, -0.15) is 9.97 Å². The Morgan fingerprint density at radius 2 is 1.98 bits per heavy atom. The number of fused-ring (bicyclic) bond motifs is 1. The van der Waals surface area contributed by atoms with Gasteiger partial charge in [0.05, 0.1) is 38.0 Å². The quantitative estimate of drug-likeness (QED) is 0.404. The van der Waals surface area contributed by atoms with E-state index in [1.807, 2.05) is 4.90 Å². The molecule has 0 saturated carbocycles. The highest BCUT2D eigenvalue weighted by atomic mass is 19.3. The summed E-state index contributed by atoms with van der Waals surface area (Å²) in [5, 5.41) is 0. The number of aromatic nitrogens is 4. The van der Waals surface area contributed by atoms with Crippen molar-refractivity contribution in [3.63, 3.8) is 0 Å². The number of hydrogen-bond acceptors (Lipinski definition) is 9. The van der Waals surface area contributed by atoms with Crippen LogP contribution in [0.3, 0.4) is 0 Å². The average Bonchev–Trinajstić information content (AvgIpc) is 3.20. The van der Waals surface area contributed by atoms with Crippen molar-refractivity contribution in [3.05, 3.63) is 47.9 Å². The Labute approximate surface area is 234 Å². The molecule has 3 aliphatic heterocycles. The van der Waals surface area contributed by atoms with Crippen LogP contribution in [0.5, 0.6) is 5.88 Å². The summed E-state index contributed by atoms with van der Waals surface area (Å²) in [7, 11) is 1.48. The van der Waals surface area contributed by atoms with Crippen molar-refractivity contribution >= 4 is 28.8 Å². The summed E-state index contributed by atoms with van der Waals surface area (Å²) in [6.07, 6.45) is -1.03. The van der Waals surface area contributed by atoms with E-state index < -0.39 is 12.2 Å². The van der Waals surface area contributed by atoms with Gasteiger partial charge >= 0.3 is 0 Å². The molecule has 0 N–H and O–H groups in total. The number of carbonyl (C=O) groups excluding carboxylic acids is 1. The van der Waals surface area contributed by atoms with Gasteiger partial charge in [-0.1, -0.05) is 18.1 Å². The molecule has 0 bridgehead atoms. The number of ether oxygens (including phenoxy) is 3. The van der Waals surface area contributed by atoms with E-state index in [9.17, 15) is 13.6 Å². The maximum absolute atomic E-state index is 14.1. The molecule has 5 heterocycles. The van der Waals surface area contributed by atoms with E-state index in [1.165, 1.54) is 17.9 Å². The molecule has 3 aliphatic rings. The van der Waals surface area contributed by atoms with Gasteiger partial charge in [0, 0.05) is 56.4 Å². The number of rotatable bonds is 7. The molecule has 0 spiro atoms. The third kappa shape index (κ3) is 5.55. The highest BCUT2D eigenvalue weighted by Crippen LogP contribution is 2.30. The highest BCUT2D eigenvalue weighted by molar-refractivity contribution is 5.98. The topological polar surface area (TPSA) is 107 Å². The minimum Gasteiger partial charge on any atom is -0.477 e. The van der Waals surface area contributed by atoms with Crippen LogP contribution in [0.25, 0.3) is 16.9 Å². The zero-order chi connectivity index (χ0) is 28.3. The molecule has 1 aromatic carbocycles. The van der Waals surface area contributed by atoms with E-state index in [0.717, 1.165) is 0 Å². The minimum absolute atomic E-state index is 0.0744. The Morgan fingerprint density at radius 3 is 2.76 bits per heavy atom. The third-order valence-electron chi connectivity index (χ3n) is 6.97. The smallest absolute Gasteiger partial charge is 0.296 e. The fourth-order valence-electron chi connectivity index (χ4n) is 4.84. The number of para-hydroxylation sites is 2. The summed E-state index contributed by atoms with van der Waals surface area (Å²) in [6.45, 7) is 3.43. The summed E-state index contributed by atoms with van der Waals surface area (Å²) in [6, 6.07) is 8.47. The van der Waals surface area contributed by atoms with Gasteiger partial charge in [0.15, 0.2) is 5.82 Å². The number of methoxy groups -OCH3 is 1. The van der Waals surface area contributed by atoms with E-state index in [1.54, 1.807) is 35.2 Å². The zero-order valence-corrected chi connectivity index (χ0v) is 22.3. The molecule has 13 heteroatoms. The first-order chi connectivity index (χ1) is 20.0. The summed E-state index contributed by atoms with van der Waals surface area (Å²) in [5.41, 5.74) is 1.45. The molecule has 41 heavy (non-hydrogen) atoms. The van der Waals surface area contributed by atoms with Gasteiger partial charge < -0.3 is 24.0 Å². The van der Waals surface area contributed by atoms with Crippen molar-refractivity contribution in [2.75, 3.05) is 58.0 Å². The standard InChI is InChI=1S/C28H27F2N7O4/c1-39-23-8-4-5-19(14-31-23)27(38)36-15-18(16-36)17-41-24-13-22(33-28(34-24)35-9-11-40-12-10-35)37-21-7-3-2-6-20(21)32-26(37)25(29)30/h2-3,6-7,13-14,18,25H,5,9-12,15-17H2,1H3. The Hall–Kier alpha value is -4.57. The number of alkyl halides is 2. The monoisotopic (exact) mass is 563 g/mol. The third-order valence-corrected chi connectivity index (χ3v) is 6.97. The van der Waals surface area contributed by atoms with Crippen LogP contribution in [0.4, 0.5) is 14.7 Å². The van der Waals surface area contributed by atoms with Crippen LogP contribution in [-0.4, -0.2) is 89.3 Å². The Kier molecular flexibility index (Phi) is 7.47. The first-order valence-corrected chi connectivity index (χ1v) is 13.2. The molecule has 11 nitrogen and oxygen atoms in total. The average molecular weight is 564 g/mol. The molecular formula is C28H27F2N7O4. The van der Waals surface area contributed by atoms with Gasteiger partial charge in [-0.15, -0.1) is 0 Å². The lowest BCUT2D eigenvalue weighted by atomic mass is 9.99. The van der Waals surface area contributed by atoms with Crippen LogP contribution < -0.4 is 9.64 Å². The van der Waals surface area contributed by atoms with Crippen molar-refractivity contribution in [2.24, 2.45) is 10.9 Å². The molecule has 212 valence electrons. The number of nitrogens with zero attached hydrogens (tertiary/aromatic N) is 7. The lowest BCUT2D eigenvalue weighted by Gasteiger charge is -2.39. The molecule has 0 unspecified atom stereocenters. The van der Waals surface area contributed by atoms with E-state index in [2.05, 4.69) is 31.8 Å². The molecule has 3 aromatic rings. The van der Waals surface area contributed by atoms with E-state index in [-0.39, 0.29) is 29.4 Å². The molecule has 0 aliphatic carbocycles. The van der Waals surface area contributed by atoms with Gasteiger partial charge in [0.2, 0.25) is 11.8 Å². The number of likely N-dealkylation sites (tertiary alicyclic amines) is 1. The normalized spacial score (nSPS) is 17.4. The van der Waals surface area contributed by atoms with Crippen molar-refractivity contribution in [1.82, 2.24) is 24.4 Å². The number of hydrogen-bond donors (Lipinski definition) is 0. The van der Waals surface area contributed by atoms with Crippen LogP contribution in [0, 0.1) is 17.8 Å². The molecule has 2 fully saturated rings. The van der Waals surface area contributed by atoms with Gasteiger partial charge in [-0.3, -0.25) is 9.36 Å². The van der Waals surface area contributed by atoms with Crippen LogP contribution in [0.2, 0.25) is 0 Å². The van der Waals surface area contributed by atoms with E-state index in [0.29, 0.717) is 75.0 Å². The van der Waals surface area contributed by atoms with E-state index >= 15 is 0 Å². The fourth-order valence-corrected chi connectivity index (χ4v) is 4.84. The molecular weight excluding hydrogens is 536 g/mol. The summed E-state index contributed by atoms with van der Waals surface area (Å²) in [5.74, 6) is 6.32. The fraction of sp³-hybridized carbons (Fsp3) is 0.393. The first kappa shape index (κ1) is 26.6. The predicted octanol–water partition coefficient (Wildman–Crippen LogP) is 2.76. The predicted molar refractivity (Wildman–Crippen MR) is 145 cm³/mol. The number of anilines is 1. The summed E-state index contributed by atoms with van der Waals surface area (Å²) in [4.78, 5) is 34.0. The van der Waals surface area contributed by atoms with Gasteiger partial charge in [0.25, 0.3) is 18.2 Å². The molecule has 1 amide bonds. The molecule has 2 aromatic heterocycles. The minimum atomic E-state index is -2.81. The van der Waals surface area contributed by atoms with Gasteiger partial charge in [0.1, 0.15) is 5.82 Å². The maximum Gasteiger partial charge on any atom is 0.296 e. The Morgan fingerprint density at radius 1 is 1.17 bits per heavy atom. The number of morpholine rings is 1. The summed E-state index contributed by atoms with van der Waals surface area (Å²) >= 11 is 0. The van der Waals surface area contributed by atoms with Crippen molar-refractivity contribution in [3.8, 4) is 23.5 Å².